The number of hydrogen-bond acceptors (Lipinski definition) is 3. The summed E-state index contributed by atoms with van der Waals surface area (Å²) in [5.41, 5.74) is 4.98. The van der Waals surface area contributed by atoms with Gasteiger partial charge in [-0.2, -0.15) is 0 Å². The number of nitrogens with zero attached hydrogens (tertiary/aromatic N) is 1. The van der Waals surface area contributed by atoms with E-state index in [1.807, 2.05) is 45.1 Å². The van der Waals surface area contributed by atoms with Crippen molar-refractivity contribution in [1.82, 2.24) is 4.90 Å². The molecule has 2 N–H and O–H groups in total. The summed E-state index contributed by atoms with van der Waals surface area (Å²) in [5.74, 6) is -1.32. The van der Waals surface area contributed by atoms with Gasteiger partial charge in [0.25, 0.3) is 5.91 Å². The highest BCUT2D eigenvalue weighted by atomic mass is 16.4. The minimum Gasteiger partial charge on any atom is -0.480 e. The topological polar surface area (TPSA) is 77.8 Å². The molecule has 2 aromatic rings. The zero-order chi connectivity index (χ0) is 26.4. The van der Waals surface area contributed by atoms with E-state index in [2.05, 4.69) is 45.0 Å². The molecule has 0 heterocycles. The van der Waals surface area contributed by atoms with Gasteiger partial charge in [0.15, 0.2) is 0 Å². The Morgan fingerprint density at radius 2 is 1.43 bits per heavy atom. The number of likely N-dealkylation sites (N-methyl/N-ethyl adjacent to an activating group) is 1. The lowest BCUT2D eigenvalue weighted by atomic mass is 9.69. The molecule has 2 aromatic carbocycles. The third-order valence-corrected chi connectivity index (χ3v) is 7.56. The SMILES string of the molecule is CCC(O)(/C=C/c1ccc(C(CC)(CC)c2ccc(C(=O)N(C)CC(=O)O)c(C)c2)cc1C)CC. The van der Waals surface area contributed by atoms with E-state index in [-0.39, 0.29) is 17.9 Å². The van der Waals surface area contributed by atoms with Crippen molar-refractivity contribution in [1.29, 1.82) is 0 Å². The Hall–Kier alpha value is -2.92. The Balaban J connectivity index is 2.47. The molecular formula is C30H41NO4. The number of amides is 1. The summed E-state index contributed by atoms with van der Waals surface area (Å²) in [6.45, 7) is 12.0. The molecule has 0 fully saturated rings. The second-order valence-corrected chi connectivity index (χ2v) is 9.59. The van der Waals surface area contributed by atoms with Gasteiger partial charge in [-0.1, -0.05) is 70.2 Å². The molecule has 2 rings (SSSR count). The highest BCUT2D eigenvalue weighted by Crippen LogP contribution is 2.40. The van der Waals surface area contributed by atoms with Crippen molar-refractivity contribution in [2.45, 2.75) is 78.2 Å². The lowest BCUT2D eigenvalue weighted by Gasteiger charge is -2.34. The Bertz CT molecular complexity index is 1080. The maximum Gasteiger partial charge on any atom is 0.323 e. The van der Waals surface area contributed by atoms with E-state index in [0.717, 1.165) is 35.1 Å². The summed E-state index contributed by atoms with van der Waals surface area (Å²) >= 11 is 0. The normalized spacial score (nSPS) is 12.2. The van der Waals surface area contributed by atoms with Crippen molar-refractivity contribution in [3.8, 4) is 0 Å². The Kier molecular flexibility index (Phi) is 9.45. The molecule has 1 amide bonds. The van der Waals surface area contributed by atoms with Crippen LogP contribution in [0.4, 0.5) is 0 Å². The molecule has 190 valence electrons. The van der Waals surface area contributed by atoms with Gasteiger partial charge in [-0.15, -0.1) is 0 Å². The summed E-state index contributed by atoms with van der Waals surface area (Å²) in [5, 5.41) is 19.6. The molecule has 0 unspecified atom stereocenters. The second kappa shape index (κ2) is 11.7. The third kappa shape index (κ3) is 6.21. The summed E-state index contributed by atoms with van der Waals surface area (Å²) in [6.07, 6.45) is 7.07. The monoisotopic (exact) mass is 479 g/mol. The lowest BCUT2D eigenvalue weighted by Crippen LogP contribution is -2.32. The van der Waals surface area contributed by atoms with Crippen LogP contribution in [0.3, 0.4) is 0 Å². The molecule has 0 saturated carbocycles. The molecule has 0 aliphatic carbocycles. The first-order valence-electron chi connectivity index (χ1n) is 12.6. The first kappa shape index (κ1) is 28.3. The zero-order valence-electron chi connectivity index (χ0n) is 22.3. The Labute approximate surface area is 210 Å². The number of hydrogen-bond donors (Lipinski definition) is 2. The maximum atomic E-state index is 12.8. The first-order chi connectivity index (χ1) is 16.5. The third-order valence-electron chi connectivity index (χ3n) is 7.56. The molecule has 0 aliphatic heterocycles. The first-order valence-corrected chi connectivity index (χ1v) is 12.6. The number of rotatable bonds is 11. The van der Waals surface area contributed by atoms with Crippen molar-refractivity contribution >= 4 is 18.0 Å². The van der Waals surface area contributed by atoms with Crippen molar-refractivity contribution in [3.05, 3.63) is 75.9 Å². The summed E-state index contributed by atoms with van der Waals surface area (Å²) < 4.78 is 0. The number of aliphatic hydroxyl groups is 1. The fraction of sp³-hybridized carbons (Fsp3) is 0.467. The van der Waals surface area contributed by atoms with Crippen molar-refractivity contribution in [3.63, 3.8) is 0 Å². The molecule has 35 heavy (non-hydrogen) atoms. The molecule has 0 aromatic heterocycles. The molecule has 5 heteroatoms. The highest BCUT2D eigenvalue weighted by Gasteiger charge is 2.32. The number of carbonyl (C=O) groups is 2. The van der Waals surface area contributed by atoms with Crippen LogP contribution >= 0.6 is 0 Å². The van der Waals surface area contributed by atoms with Gasteiger partial charge < -0.3 is 15.1 Å². The standard InChI is InChI=1S/C30H41NO4/c1-8-29(35,9-2)17-16-23-12-13-24(18-21(23)5)30(10-3,11-4)25-14-15-26(22(6)19-25)28(34)31(7)20-27(32)33/h12-19,35H,8-11,20H2,1-7H3,(H,32,33)/b17-16+. The number of carboxylic acids is 1. The molecule has 5 nitrogen and oxygen atoms in total. The smallest absolute Gasteiger partial charge is 0.323 e. The molecule has 0 spiro atoms. The Morgan fingerprint density at radius 1 is 0.886 bits per heavy atom. The van der Waals surface area contributed by atoms with Crippen molar-refractivity contribution in [2.24, 2.45) is 0 Å². The average molecular weight is 480 g/mol. The average Bonchev–Trinajstić information content (AvgIpc) is 2.83. The van der Waals surface area contributed by atoms with Crippen molar-refractivity contribution < 1.29 is 19.8 Å². The van der Waals surface area contributed by atoms with E-state index in [0.29, 0.717) is 18.4 Å². The predicted molar refractivity (Wildman–Crippen MR) is 143 cm³/mol. The van der Waals surface area contributed by atoms with Crippen LogP contribution in [0, 0.1) is 13.8 Å². The van der Waals surface area contributed by atoms with Crippen LogP contribution in [-0.4, -0.2) is 46.2 Å². The van der Waals surface area contributed by atoms with Gasteiger partial charge in [-0.05, 0) is 73.4 Å². The largest absolute Gasteiger partial charge is 0.480 e. The van der Waals surface area contributed by atoms with Gasteiger partial charge >= 0.3 is 5.97 Å². The van der Waals surface area contributed by atoms with Crippen LogP contribution in [0.2, 0.25) is 0 Å². The minimum absolute atomic E-state index is 0.208. The van der Waals surface area contributed by atoms with Crippen LogP contribution < -0.4 is 0 Å². The van der Waals surface area contributed by atoms with Gasteiger partial charge in [0.05, 0.1) is 5.60 Å². The summed E-state index contributed by atoms with van der Waals surface area (Å²) in [4.78, 5) is 25.0. The van der Waals surface area contributed by atoms with Crippen LogP contribution in [0.5, 0.6) is 0 Å². The van der Waals surface area contributed by atoms with E-state index in [9.17, 15) is 14.7 Å². The number of aliphatic carboxylic acids is 1. The quantitative estimate of drug-likeness (QED) is 0.406. The highest BCUT2D eigenvalue weighted by molar-refractivity contribution is 5.97. The van der Waals surface area contributed by atoms with Gasteiger partial charge in [-0.25, -0.2) is 0 Å². The minimum atomic E-state index is -1.03. The molecule has 0 aliphatic rings. The second-order valence-electron chi connectivity index (χ2n) is 9.59. The number of benzene rings is 2. The van der Waals surface area contributed by atoms with Gasteiger partial charge in [0.2, 0.25) is 0 Å². The summed E-state index contributed by atoms with van der Waals surface area (Å²) in [7, 11) is 1.51. The molecule has 0 bridgehead atoms. The van der Waals surface area contributed by atoms with Crippen LogP contribution in [0.1, 0.15) is 91.6 Å². The van der Waals surface area contributed by atoms with Crippen LogP contribution in [0.25, 0.3) is 6.08 Å². The summed E-state index contributed by atoms with van der Waals surface area (Å²) in [6, 6.07) is 12.4. The molecule has 0 saturated heterocycles. The maximum absolute atomic E-state index is 12.8. The van der Waals surface area contributed by atoms with E-state index >= 15 is 0 Å². The fourth-order valence-corrected chi connectivity index (χ4v) is 4.81. The zero-order valence-corrected chi connectivity index (χ0v) is 22.3. The van der Waals surface area contributed by atoms with E-state index in [4.69, 9.17) is 5.11 Å². The van der Waals surface area contributed by atoms with E-state index in [1.165, 1.54) is 17.5 Å². The van der Waals surface area contributed by atoms with Gasteiger partial charge in [0.1, 0.15) is 6.54 Å². The van der Waals surface area contributed by atoms with Crippen molar-refractivity contribution in [2.75, 3.05) is 13.6 Å². The molecule has 0 radical (unpaired) electrons. The van der Waals surface area contributed by atoms with Crippen LogP contribution in [-0.2, 0) is 10.2 Å². The fourth-order valence-electron chi connectivity index (χ4n) is 4.81. The number of carbonyl (C=O) groups excluding carboxylic acids is 1. The Morgan fingerprint density at radius 3 is 1.89 bits per heavy atom. The lowest BCUT2D eigenvalue weighted by molar-refractivity contribution is -0.137. The van der Waals surface area contributed by atoms with Crippen LogP contribution in [0.15, 0.2) is 42.5 Å². The predicted octanol–water partition coefficient (Wildman–Crippen LogP) is 6.13. The van der Waals surface area contributed by atoms with Gasteiger partial charge in [-0.3, -0.25) is 9.59 Å². The van der Waals surface area contributed by atoms with E-state index in [1.54, 1.807) is 0 Å². The molecular weight excluding hydrogens is 438 g/mol. The van der Waals surface area contributed by atoms with Gasteiger partial charge in [0, 0.05) is 18.0 Å². The van der Waals surface area contributed by atoms with E-state index < -0.39 is 11.6 Å². The molecule has 0 atom stereocenters. The number of carboxylic acid groups (broad SMARTS) is 1. The number of aryl methyl sites for hydroxylation is 2.